The van der Waals surface area contributed by atoms with Crippen LogP contribution in [0.3, 0.4) is 0 Å². The molecule has 1 aromatic heterocycles. The van der Waals surface area contributed by atoms with E-state index in [1.165, 1.54) is 18.3 Å². The molecule has 0 unspecified atom stereocenters. The van der Waals surface area contributed by atoms with Crippen LogP contribution in [-0.4, -0.2) is 40.2 Å². The minimum Gasteiger partial charge on any atom is -0.480 e. The maximum Gasteiger partial charge on any atom is 0.323 e. The molecule has 1 heterocycles. The van der Waals surface area contributed by atoms with Crippen molar-refractivity contribution in [2.75, 3.05) is 18.0 Å². The second kappa shape index (κ2) is 5.46. The van der Waals surface area contributed by atoms with Crippen molar-refractivity contribution in [3.8, 4) is 6.07 Å². The number of nitrogens with zero attached hydrogens (tertiary/aromatic N) is 3. The van der Waals surface area contributed by atoms with Crippen LogP contribution in [0, 0.1) is 11.3 Å². The highest BCUT2D eigenvalue weighted by atomic mass is 16.4. The smallest absolute Gasteiger partial charge is 0.323 e. The number of aliphatic carboxylic acids is 2. The summed E-state index contributed by atoms with van der Waals surface area (Å²) >= 11 is 0. The lowest BCUT2D eigenvalue weighted by Crippen LogP contribution is -2.35. The first-order chi connectivity index (χ1) is 8.04. The standard InChI is InChI=1S/C10H9N3O4/c11-4-7-2-1-3-12-10(7)13(5-8(14)15)6-9(16)17/h1-3H,5-6H2,(H,14,15)(H,16,17). The van der Waals surface area contributed by atoms with Gasteiger partial charge in [-0.15, -0.1) is 0 Å². The van der Waals surface area contributed by atoms with Crippen molar-refractivity contribution in [1.29, 1.82) is 5.26 Å². The zero-order valence-corrected chi connectivity index (χ0v) is 8.70. The molecule has 0 bridgehead atoms. The van der Waals surface area contributed by atoms with Gasteiger partial charge in [0, 0.05) is 6.20 Å². The maximum atomic E-state index is 10.6. The molecular formula is C10H9N3O4. The number of pyridine rings is 1. The fraction of sp³-hybridized carbons (Fsp3) is 0.200. The monoisotopic (exact) mass is 235 g/mol. The van der Waals surface area contributed by atoms with Gasteiger partial charge in [0.25, 0.3) is 0 Å². The zero-order valence-electron chi connectivity index (χ0n) is 8.70. The number of hydrogen-bond acceptors (Lipinski definition) is 5. The topological polar surface area (TPSA) is 115 Å². The summed E-state index contributed by atoms with van der Waals surface area (Å²) in [6.45, 7) is -1.06. The van der Waals surface area contributed by atoms with Crippen LogP contribution in [0.5, 0.6) is 0 Å². The predicted molar refractivity (Wildman–Crippen MR) is 56.4 cm³/mol. The zero-order chi connectivity index (χ0) is 12.8. The van der Waals surface area contributed by atoms with Crippen molar-refractivity contribution in [3.05, 3.63) is 23.9 Å². The number of aromatic nitrogens is 1. The molecule has 0 fully saturated rings. The van der Waals surface area contributed by atoms with Crippen molar-refractivity contribution in [3.63, 3.8) is 0 Å². The van der Waals surface area contributed by atoms with Crippen LogP contribution in [0.15, 0.2) is 18.3 Å². The van der Waals surface area contributed by atoms with Gasteiger partial charge in [0.15, 0.2) is 0 Å². The summed E-state index contributed by atoms with van der Waals surface area (Å²) in [6, 6.07) is 4.79. The summed E-state index contributed by atoms with van der Waals surface area (Å²) in [7, 11) is 0. The number of hydrogen-bond donors (Lipinski definition) is 2. The Balaban J connectivity index is 3.07. The van der Waals surface area contributed by atoms with Gasteiger partial charge in [-0.05, 0) is 12.1 Å². The Labute approximate surface area is 96.5 Å². The van der Waals surface area contributed by atoms with Gasteiger partial charge in [-0.1, -0.05) is 0 Å². The summed E-state index contributed by atoms with van der Waals surface area (Å²) < 4.78 is 0. The number of carboxylic acids is 2. The highest BCUT2D eigenvalue weighted by Gasteiger charge is 2.18. The average molecular weight is 235 g/mol. The van der Waals surface area contributed by atoms with Crippen molar-refractivity contribution in [2.45, 2.75) is 0 Å². The van der Waals surface area contributed by atoms with E-state index in [2.05, 4.69) is 4.98 Å². The second-order valence-corrected chi connectivity index (χ2v) is 3.13. The van der Waals surface area contributed by atoms with Crippen molar-refractivity contribution >= 4 is 17.8 Å². The first-order valence-corrected chi connectivity index (χ1v) is 4.58. The van der Waals surface area contributed by atoms with E-state index in [0.717, 1.165) is 4.90 Å². The Morgan fingerprint density at radius 1 is 1.35 bits per heavy atom. The fourth-order valence-corrected chi connectivity index (χ4v) is 1.27. The van der Waals surface area contributed by atoms with E-state index in [9.17, 15) is 9.59 Å². The highest BCUT2D eigenvalue weighted by Crippen LogP contribution is 2.15. The normalized spacial score (nSPS) is 9.35. The molecule has 0 aliphatic rings. The molecule has 88 valence electrons. The van der Waals surface area contributed by atoms with Gasteiger partial charge in [0.1, 0.15) is 25.0 Å². The van der Waals surface area contributed by atoms with Crippen molar-refractivity contribution < 1.29 is 19.8 Å². The number of nitriles is 1. The van der Waals surface area contributed by atoms with E-state index in [0.29, 0.717) is 0 Å². The van der Waals surface area contributed by atoms with Crippen LogP contribution in [-0.2, 0) is 9.59 Å². The Hall–Kier alpha value is -2.62. The molecule has 2 N–H and O–H groups in total. The van der Waals surface area contributed by atoms with E-state index in [4.69, 9.17) is 15.5 Å². The summed E-state index contributed by atoms with van der Waals surface area (Å²) in [5.74, 6) is -2.33. The molecule has 0 aliphatic carbocycles. The van der Waals surface area contributed by atoms with Gasteiger partial charge in [-0.3, -0.25) is 9.59 Å². The average Bonchev–Trinajstić information content (AvgIpc) is 2.27. The summed E-state index contributed by atoms with van der Waals surface area (Å²) in [5, 5.41) is 26.2. The molecular weight excluding hydrogens is 226 g/mol. The molecule has 0 aromatic carbocycles. The molecule has 0 saturated heterocycles. The van der Waals surface area contributed by atoms with Crippen molar-refractivity contribution in [2.24, 2.45) is 0 Å². The minimum absolute atomic E-state index is 0.0554. The minimum atomic E-state index is -1.19. The second-order valence-electron chi connectivity index (χ2n) is 3.13. The van der Waals surface area contributed by atoms with Crippen LogP contribution < -0.4 is 4.90 Å². The Morgan fingerprint density at radius 2 is 1.94 bits per heavy atom. The summed E-state index contributed by atoms with van der Waals surface area (Å²) in [6.07, 6.45) is 1.37. The third kappa shape index (κ3) is 3.46. The molecule has 1 aromatic rings. The third-order valence-corrected chi connectivity index (χ3v) is 1.86. The lowest BCUT2D eigenvalue weighted by molar-refractivity contribution is -0.136. The highest BCUT2D eigenvalue weighted by molar-refractivity contribution is 5.79. The van der Waals surface area contributed by atoms with E-state index >= 15 is 0 Å². The van der Waals surface area contributed by atoms with Gasteiger partial charge in [0.05, 0.1) is 5.56 Å². The number of anilines is 1. The number of carbonyl (C=O) groups is 2. The first kappa shape index (κ1) is 12.4. The molecule has 0 radical (unpaired) electrons. The molecule has 1 rings (SSSR count). The molecule has 7 nitrogen and oxygen atoms in total. The molecule has 0 atom stereocenters. The number of carboxylic acid groups (broad SMARTS) is 2. The first-order valence-electron chi connectivity index (χ1n) is 4.58. The molecule has 0 amide bonds. The lowest BCUT2D eigenvalue weighted by atomic mass is 10.2. The van der Waals surface area contributed by atoms with Crippen LogP contribution >= 0.6 is 0 Å². The van der Waals surface area contributed by atoms with E-state index < -0.39 is 25.0 Å². The van der Waals surface area contributed by atoms with Crippen LogP contribution in [0.4, 0.5) is 5.82 Å². The van der Waals surface area contributed by atoms with Crippen LogP contribution in [0.25, 0.3) is 0 Å². The van der Waals surface area contributed by atoms with Gasteiger partial charge in [-0.25, -0.2) is 4.98 Å². The molecule has 0 spiro atoms. The lowest BCUT2D eigenvalue weighted by Gasteiger charge is -2.19. The Kier molecular flexibility index (Phi) is 4.00. The predicted octanol–water partition coefficient (Wildman–Crippen LogP) is -0.0711. The fourth-order valence-electron chi connectivity index (χ4n) is 1.27. The largest absolute Gasteiger partial charge is 0.480 e. The van der Waals surface area contributed by atoms with Gasteiger partial charge in [0.2, 0.25) is 0 Å². The molecule has 0 saturated carbocycles. The van der Waals surface area contributed by atoms with E-state index in [-0.39, 0.29) is 11.4 Å². The van der Waals surface area contributed by atoms with Crippen LogP contribution in [0.2, 0.25) is 0 Å². The quantitative estimate of drug-likeness (QED) is 0.733. The Bertz CT molecular complexity index is 465. The summed E-state index contributed by atoms with van der Waals surface area (Å²) in [5.41, 5.74) is 0.134. The van der Waals surface area contributed by atoms with Gasteiger partial charge >= 0.3 is 11.9 Å². The van der Waals surface area contributed by atoms with E-state index in [1.807, 2.05) is 6.07 Å². The SMILES string of the molecule is N#Cc1cccnc1N(CC(=O)O)CC(=O)O. The van der Waals surface area contributed by atoms with Gasteiger partial charge in [-0.2, -0.15) is 5.26 Å². The molecule has 7 heteroatoms. The third-order valence-electron chi connectivity index (χ3n) is 1.86. The number of rotatable bonds is 5. The summed E-state index contributed by atoms with van der Waals surface area (Å²) in [4.78, 5) is 26.1. The molecule has 17 heavy (non-hydrogen) atoms. The van der Waals surface area contributed by atoms with Gasteiger partial charge < -0.3 is 15.1 Å². The van der Waals surface area contributed by atoms with E-state index in [1.54, 1.807) is 0 Å². The molecule has 0 aliphatic heterocycles. The van der Waals surface area contributed by atoms with Crippen LogP contribution in [0.1, 0.15) is 5.56 Å². The van der Waals surface area contributed by atoms with Crippen molar-refractivity contribution in [1.82, 2.24) is 4.98 Å². The maximum absolute atomic E-state index is 10.6. The Morgan fingerprint density at radius 3 is 2.41 bits per heavy atom.